The Kier molecular flexibility index (Phi) is 4.69. The van der Waals surface area contributed by atoms with Crippen LogP contribution >= 0.6 is 0 Å². The Bertz CT molecular complexity index is 412. The molecule has 0 bridgehead atoms. The van der Waals surface area contributed by atoms with Crippen molar-refractivity contribution in [2.45, 2.75) is 32.8 Å². The predicted octanol–water partition coefficient (Wildman–Crippen LogP) is 2.52. The van der Waals surface area contributed by atoms with Gasteiger partial charge in [0.2, 0.25) is 0 Å². The average Bonchev–Trinajstić information content (AvgIpc) is 2.28. The molecule has 0 saturated heterocycles. The highest BCUT2D eigenvalue weighted by Crippen LogP contribution is 2.21. The maximum atomic E-state index is 11.3. The molecule has 17 heavy (non-hydrogen) atoms. The molecule has 1 rings (SSSR count). The van der Waals surface area contributed by atoms with Crippen LogP contribution in [0.1, 0.15) is 37.0 Å². The Morgan fingerprint density at radius 1 is 1.35 bits per heavy atom. The van der Waals surface area contributed by atoms with E-state index in [0.29, 0.717) is 24.2 Å². The number of ketones is 1. The second kappa shape index (κ2) is 6.03. The Hall–Kier alpha value is -1.84. The molecule has 1 unspecified atom stereocenters. The molecule has 0 radical (unpaired) electrons. The Labute approximate surface area is 100 Å². The van der Waals surface area contributed by atoms with Gasteiger partial charge in [-0.3, -0.25) is 4.79 Å². The number of carbonyl (C=O) groups excluding carboxylic acids is 1. The second-order valence-corrected chi connectivity index (χ2v) is 3.79. The number of Topliss-reactive ketones (excluding diaryl/α,β-unsaturated/α-hetero) is 1. The van der Waals surface area contributed by atoms with Gasteiger partial charge in [-0.05, 0) is 25.5 Å². The fourth-order valence-corrected chi connectivity index (χ4v) is 1.51. The van der Waals surface area contributed by atoms with Gasteiger partial charge in [0.05, 0.1) is 5.56 Å². The lowest BCUT2D eigenvalue weighted by molar-refractivity contribution is -0.145. The van der Waals surface area contributed by atoms with Crippen LogP contribution in [0.3, 0.4) is 0 Å². The Morgan fingerprint density at radius 2 is 2.00 bits per heavy atom. The van der Waals surface area contributed by atoms with E-state index in [-0.39, 0.29) is 5.78 Å². The van der Waals surface area contributed by atoms with Crippen LogP contribution < -0.4 is 4.74 Å². The van der Waals surface area contributed by atoms with Crippen LogP contribution in [0, 0.1) is 0 Å². The fraction of sp³-hybridized carbons (Fsp3) is 0.385. The van der Waals surface area contributed by atoms with E-state index in [2.05, 4.69) is 0 Å². The van der Waals surface area contributed by atoms with Crippen LogP contribution in [-0.2, 0) is 4.79 Å². The molecule has 0 amide bonds. The first-order valence-corrected chi connectivity index (χ1v) is 5.55. The number of aliphatic carboxylic acids is 1. The summed E-state index contributed by atoms with van der Waals surface area (Å²) in [6, 6.07) is 6.68. The average molecular weight is 236 g/mol. The lowest BCUT2D eigenvalue weighted by Gasteiger charge is -2.16. The summed E-state index contributed by atoms with van der Waals surface area (Å²) in [5, 5.41) is 8.99. The number of carboxylic acid groups (broad SMARTS) is 1. The van der Waals surface area contributed by atoms with Gasteiger partial charge in [0.1, 0.15) is 5.75 Å². The number of carboxylic acids is 1. The van der Waals surface area contributed by atoms with Crippen molar-refractivity contribution >= 4 is 11.8 Å². The van der Waals surface area contributed by atoms with Crippen LogP contribution in [0.4, 0.5) is 0 Å². The minimum Gasteiger partial charge on any atom is -0.479 e. The van der Waals surface area contributed by atoms with Crippen molar-refractivity contribution in [3.05, 3.63) is 29.8 Å². The largest absolute Gasteiger partial charge is 0.479 e. The molecule has 0 spiro atoms. The van der Waals surface area contributed by atoms with Crippen LogP contribution in [0.5, 0.6) is 5.75 Å². The number of rotatable bonds is 6. The van der Waals surface area contributed by atoms with Gasteiger partial charge in [-0.15, -0.1) is 0 Å². The number of para-hydroxylation sites is 1. The van der Waals surface area contributed by atoms with Crippen molar-refractivity contribution in [1.29, 1.82) is 0 Å². The third-order valence-corrected chi connectivity index (χ3v) is 2.36. The van der Waals surface area contributed by atoms with Gasteiger partial charge in [-0.2, -0.15) is 0 Å². The molecule has 1 aromatic carbocycles. The zero-order chi connectivity index (χ0) is 12.8. The molecule has 1 atom stereocenters. The smallest absolute Gasteiger partial charge is 0.344 e. The summed E-state index contributed by atoms with van der Waals surface area (Å²) >= 11 is 0. The molecule has 1 N–H and O–H groups in total. The van der Waals surface area contributed by atoms with E-state index in [1.54, 1.807) is 24.3 Å². The number of hydrogen-bond donors (Lipinski definition) is 1. The third kappa shape index (κ3) is 3.59. The topological polar surface area (TPSA) is 63.6 Å². The molecule has 0 aromatic heterocycles. The molecule has 0 fully saturated rings. The van der Waals surface area contributed by atoms with Crippen molar-refractivity contribution in [1.82, 2.24) is 0 Å². The van der Waals surface area contributed by atoms with Gasteiger partial charge >= 0.3 is 5.97 Å². The molecule has 0 aliphatic carbocycles. The van der Waals surface area contributed by atoms with Crippen LogP contribution in [0.25, 0.3) is 0 Å². The normalized spacial score (nSPS) is 11.9. The predicted molar refractivity (Wildman–Crippen MR) is 63.4 cm³/mol. The summed E-state index contributed by atoms with van der Waals surface area (Å²) in [5.74, 6) is -0.813. The van der Waals surface area contributed by atoms with E-state index in [0.717, 1.165) is 0 Å². The Morgan fingerprint density at radius 3 is 2.53 bits per heavy atom. The van der Waals surface area contributed by atoms with Crippen molar-refractivity contribution in [3.63, 3.8) is 0 Å². The highest BCUT2D eigenvalue weighted by atomic mass is 16.5. The monoisotopic (exact) mass is 236 g/mol. The second-order valence-electron chi connectivity index (χ2n) is 3.79. The van der Waals surface area contributed by atoms with Crippen LogP contribution in [0.2, 0.25) is 0 Å². The lowest BCUT2D eigenvalue weighted by Crippen LogP contribution is -2.27. The van der Waals surface area contributed by atoms with Crippen LogP contribution in [-0.4, -0.2) is 23.0 Å². The van der Waals surface area contributed by atoms with Gasteiger partial charge < -0.3 is 9.84 Å². The molecule has 4 nitrogen and oxygen atoms in total. The quantitative estimate of drug-likeness (QED) is 0.771. The van der Waals surface area contributed by atoms with Gasteiger partial charge in [0.15, 0.2) is 11.9 Å². The van der Waals surface area contributed by atoms with E-state index in [1.807, 2.05) is 6.92 Å². The number of hydrogen-bond acceptors (Lipinski definition) is 3. The van der Waals surface area contributed by atoms with Gasteiger partial charge in [-0.1, -0.05) is 25.5 Å². The molecule has 0 saturated carbocycles. The van der Waals surface area contributed by atoms with E-state index < -0.39 is 12.1 Å². The number of benzene rings is 1. The van der Waals surface area contributed by atoms with Crippen LogP contribution in [0.15, 0.2) is 24.3 Å². The van der Waals surface area contributed by atoms with Crippen molar-refractivity contribution in [3.8, 4) is 5.75 Å². The minimum absolute atomic E-state index is 0.138. The van der Waals surface area contributed by atoms with E-state index >= 15 is 0 Å². The third-order valence-electron chi connectivity index (χ3n) is 2.36. The maximum absolute atomic E-state index is 11.3. The number of ether oxygens (including phenoxy) is 1. The lowest BCUT2D eigenvalue weighted by atomic mass is 10.1. The van der Waals surface area contributed by atoms with Crippen molar-refractivity contribution < 1.29 is 19.4 Å². The SMILES string of the molecule is CCCC(Oc1ccccc1C(C)=O)C(=O)O. The summed E-state index contributed by atoms with van der Waals surface area (Å²) in [5.41, 5.74) is 0.412. The fourth-order valence-electron chi connectivity index (χ4n) is 1.51. The first-order valence-electron chi connectivity index (χ1n) is 5.55. The standard InChI is InChI=1S/C13H16O4/c1-3-6-12(13(15)16)17-11-8-5-4-7-10(11)9(2)14/h4-5,7-8,12H,3,6H2,1-2H3,(H,15,16). The zero-order valence-corrected chi connectivity index (χ0v) is 9.97. The molecule has 0 aliphatic rings. The molecular weight excluding hydrogens is 220 g/mol. The first kappa shape index (κ1) is 13.2. The molecule has 1 aromatic rings. The maximum Gasteiger partial charge on any atom is 0.344 e. The van der Waals surface area contributed by atoms with E-state index in [9.17, 15) is 9.59 Å². The highest BCUT2D eigenvalue weighted by molar-refractivity contribution is 5.96. The highest BCUT2D eigenvalue weighted by Gasteiger charge is 2.20. The number of carbonyl (C=O) groups is 2. The van der Waals surface area contributed by atoms with E-state index in [4.69, 9.17) is 9.84 Å². The van der Waals surface area contributed by atoms with Gasteiger partial charge in [0, 0.05) is 0 Å². The summed E-state index contributed by atoms with van der Waals surface area (Å²) < 4.78 is 5.39. The zero-order valence-electron chi connectivity index (χ0n) is 9.97. The molecule has 4 heteroatoms. The summed E-state index contributed by atoms with van der Waals surface area (Å²) in [6.07, 6.45) is 0.223. The minimum atomic E-state index is -1.01. The van der Waals surface area contributed by atoms with Crippen molar-refractivity contribution in [2.24, 2.45) is 0 Å². The molecule has 0 heterocycles. The molecule has 92 valence electrons. The van der Waals surface area contributed by atoms with E-state index in [1.165, 1.54) is 6.92 Å². The van der Waals surface area contributed by atoms with Gasteiger partial charge in [-0.25, -0.2) is 4.79 Å². The molecular formula is C13H16O4. The first-order chi connectivity index (χ1) is 8.06. The van der Waals surface area contributed by atoms with Gasteiger partial charge in [0.25, 0.3) is 0 Å². The molecule has 0 aliphatic heterocycles. The Balaban J connectivity index is 2.92. The summed E-state index contributed by atoms with van der Waals surface area (Å²) in [7, 11) is 0. The van der Waals surface area contributed by atoms with Crippen molar-refractivity contribution in [2.75, 3.05) is 0 Å². The summed E-state index contributed by atoms with van der Waals surface area (Å²) in [6.45, 7) is 3.31. The summed E-state index contributed by atoms with van der Waals surface area (Å²) in [4.78, 5) is 22.3.